The number of anilines is 1. The zero-order chi connectivity index (χ0) is 13.9. The number of benzene rings is 1. The van der Waals surface area contributed by atoms with Gasteiger partial charge in [-0.05, 0) is 29.6 Å². The van der Waals surface area contributed by atoms with Gasteiger partial charge in [0.1, 0.15) is 5.82 Å². The number of aromatic nitrogens is 2. The lowest BCUT2D eigenvalue weighted by Crippen LogP contribution is -1.99. The molecule has 4 nitrogen and oxygen atoms in total. The number of hydrogen-bond acceptors (Lipinski definition) is 5. The summed E-state index contributed by atoms with van der Waals surface area (Å²) >= 11 is 7.27. The Morgan fingerprint density at radius 2 is 2.25 bits per heavy atom. The molecule has 20 heavy (non-hydrogen) atoms. The first-order chi connectivity index (χ1) is 9.72. The van der Waals surface area contributed by atoms with Crippen LogP contribution in [0.3, 0.4) is 0 Å². The summed E-state index contributed by atoms with van der Waals surface area (Å²) in [7, 11) is 0. The number of thiophene rings is 1. The van der Waals surface area contributed by atoms with E-state index in [-0.39, 0.29) is 5.02 Å². The summed E-state index contributed by atoms with van der Waals surface area (Å²) in [5, 5.41) is 10.9. The molecule has 0 aliphatic rings. The molecule has 2 heterocycles. The van der Waals surface area contributed by atoms with Crippen LogP contribution in [0.25, 0.3) is 11.4 Å². The predicted molar refractivity (Wildman–Crippen MR) is 76.3 cm³/mol. The Kier molecular flexibility index (Phi) is 3.66. The molecule has 0 aliphatic heterocycles. The molecule has 0 saturated carbocycles. The number of nitrogens with one attached hydrogen (secondary N) is 1. The van der Waals surface area contributed by atoms with E-state index in [1.54, 1.807) is 17.4 Å². The van der Waals surface area contributed by atoms with E-state index in [1.807, 2.05) is 16.8 Å². The molecule has 3 rings (SSSR count). The van der Waals surface area contributed by atoms with Gasteiger partial charge in [-0.2, -0.15) is 16.3 Å². The number of hydrogen-bond donors (Lipinski definition) is 1. The summed E-state index contributed by atoms with van der Waals surface area (Å²) in [4.78, 5) is 4.27. The summed E-state index contributed by atoms with van der Waals surface area (Å²) in [6, 6.07) is 6.33. The lowest BCUT2D eigenvalue weighted by molar-refractivity contribution is 0.384. The predicted octanol–water partition coefficient (Wildman–Crippen LogP) is 4.20. The van der Waals surface area contributed by atoms with Crippen LogP contribution < -0.4 is 5.32 Å². The van der Waals surface area contributed by atoms with E-state index in [4.69, 9.17) is 16.1 Å². The van der Waals surface area contributed by atoms with E-state index in [9.17, 15) is 4.39 Å². The minimum atomic E-state index is -0.449. The van der Waals surface area contributed by atoms with E-state index in [0.29, 0.717) is 23.9 Å². The topological polar surface area (TPSA) is 51.0 Å². The Morgan fingerprint density at radius 1 is 1.35 bits per heavy atom. The third-order valence-electron chi connectivity index (χ3n) is 2.61. The molecule has 1 aromatic carbocycles. The van der Waals surface area contributed by atoms with Gasteiger partial charge in [-0.25, -0.2) is 4.39 Å². The summed E-state index contributed by atoms with van der Waals surface area (Å²) < 4.78 is 18.2. The first-order valence-corrected chi connectivity index (χ1v) is 7.08. The van der Waals surface area contributed by atoms with E-state index in [2.05, 4.69) is 15.5 Å². The van der Waals surface area contributed by atoms with E-state index < -0.39 is 5.82 Å². The highest BCUT2D eigenvalue weighted by atomic mass is 35.5. The third kappa shape index (κ3) is 2.81. The maximum Gasteiger partial charge on any atom is 0.246 e. The molecule has 0 fully saturated rings. The maximum absolute atomic E-state index is 13.0. The second-order valence-corrected chi connectivity index (χ2v) is 5.19. The highest BCUT2D eigenvalue weighted by Crippen LogP contribution is 2.21. The largest absolute Gasteiger partial charge is 0.376 e. The summed E-state index contributed by atoms with van der Waals surface area (Å²) in [5.41, 5.74) is 1.61. The van der Waals surface area contributed by atoms with Crippen LogP contribution in [-0.2, 0) is 6.54 Å². The zero-order valence-corrected chi connectivity index (χ0v) is 11.7. The zero-order valence-electron chi connectivity index (χ0n) is 10.1. The molecule has 0 aliphatic carbocycles. The van der Waals surface area contributed by atoms with Crippen molar-refractivity contribution in [2.45, 2.75) is 6.54 Å². The first kappa shape index (κ1) is 13.1. The summed E-state index contributed by atoms with van der Waals surface area (Å²) in [6.07, 6.45) is 0. The van der Waals surface area contributed by atoms with Crippen molar-refractivity contribution < 1.29 is 8.91 Å². The van der Waals surface area contributed by atoms with Crippen molar-refractivity contribution in [1.29, 1.82) is 0 Å². The second-order valence-electron chi connectivity index (χ2n) is 4.01. The summed E-state index contributed by atoms with van der Waals surface area (Å²) in [5.74, 6) is 0.557. The minimum absolute atomic E-state index is 0.0690. The SMILES string of the molecule is Fc1ccc(NCc2nc(-c3ccsc3)no2)cc1Cl. The lowest BCUT2D eigenvalue weighted by atomic mass is 10.3. The lowest BCUT2D eigenvalue weighted by Gasteiger charge is -2.03. The average Bonchev–Trinajstić information content (AvgIpc) is 3.09. The molecule has 0 atom stereocenters. The average molecular weight is 310 g/mol. The molecular weight excluding hydrogens is 301 g/mol. The molecule has 0 saturated heterocycles. The van der Waals surface area contributed by atoms with Crippen LogP contribution in [-0.4, -0.2) is 10.1 Å². The third-order valence-corrected chi connectivity index (χ3v) is 3.58. The fourth-order valence-electron chi connectivity index (χ4n) is 1.62. The van der Waals surface area contributed by atoms with Gasteiger partial charge in [-0.1, -0.05) is 16.8 Å². The normalized spacial score (nSPS) is 10.7. The van der Waals surface area contributed by atoms with E-state index >= 15 is 0 Å². The molecule has 0 amide bonds. The van der Waals surface area contributed by atoms with Gasteiger partial charge < -0.3 is 9.84 Å². The van der Waals surface area contributed by atoms with Gasteiger partial charge in [-0.3, -0.25) is 0 Å². The van der Waals surface area contributed by atoms with Gasteiger partial charge in [0.05, 0.1) is 11.6 Å². The van der Waals surface area contributed by atoms with Gasteiger partial charge in [0.2, 0.25) is 11.7 Å². The molecule has 1 N–H and O–H groups in total. The first-order valence-electron chi connectivity index (χ1n) is 5.76. The van der Waals surface area contributed by atoms with Crippen molar-refractivity contribution in [3.05, 3.63) is 51.8 Å². The van der Waals surface area contributed by atoms with Crippen LogP contribution in [0.1, 0.15) is 5.89 Å². The Hall–Kier alpha value is -1.92. The Morgan fingerprint density at radius 3 is 3.00 bits per heavy atom. The number of rotatable bonds is 4. The molecule has 7 heteroatoms. The van der Waals surface area contributed by atoms with Crippen LogP contribution in [0.15, 0.2) is 39.5 Å². The van der Waals surface area contributed by atoms with Crippen molar-refractivity contribution in [2.75, 3.05) is 5.32 Å². The van der Waals surface area contributed by atoms with E-state index in [0.717, 1.165) is 5.56 Å². The Bertz CT molecular complexity index is 714. The molecule has 0 bridgehead atoms. The van der Waals surface area contributed by atoms with Crippen LogP contribution in [0, 0.1) is 5.82 Å². The standard InChI is InChI=1S/C13H9ClFN3OS/c14-10-5-9(1-2-11(10)15)16-6-12-17-13(18-19-12)8-3-4-20-7-8/h1-5,7,16H,6H2. The second kappa shape index (κ2) is 5.60. The molecule has 0 unspecified atom stereocenters. The van der Waals surface area contributed by atoms with E-state index in [1.165, 1.54) is 12.1 Å². The van der Waals surface area contributed by atoms with Crippen molar-refractivity contribution in [2.24, 2.45) is 0 Å². The van der Waals surface area contributed by atoms with Crippen LogP contribution in [0.2, 0.25) is 5.02 Å². The smallest absolute Gasteiger partial charge is 0.246 e. The quantitative estimate of drug-likeness (QED) is 0.784. The molecule has 2 aromatic heterocycles. The van der Waals surface area contributed by atoms with Crippen molar-refractivity contribution in [3.8, 4) is 11.4 Å². The van der Waals surface area contributed by atoms with Crippen LogP contribution in [0.4, 0.5) is 10.1 Å². The monoisotopic (exact) mass is 309 g/mol. The molecule has 0 radical (unpaired) electrons. The fraction of sp³-hybridized carbons (Fsp3) is 0.0769. The van der Waals surface area contributed by atoms with Crippen molar-refractivity contribution in [1.82, 2.24) is 10.1 Å². The Balaban J connectivity index is 1.68. The maximum atomic E-state index is 13.0. The Labute approximate surface area is 123 Å². The van der Waals surface area contributed by atoms with Gasteiger partial charge in [-0.15, -0.1) is 0 Å². The minimum Gasteiger partial charge on any atom is -0.376 e. The van der Waals surface area contributed by atoms with Crippen LogP contribution >= 0.6 is 22.9 Å². The molecular formula is C13H9ClFN3OS. The van der Waals surface area contributed by atoms with Gasteiger partial charge in [0.25, 0.3) is 0 Å². The molecule has 3 aromatic rings. The van der Waals surface area contributed by atoms with Gasteiger partial charge >= 0.3 is 0 Å². The number of halogens is 2. The number of nitrogens with zero attached hydrogens (tertiary/aromatic N) is 2. The highest BCUT2D eigenvalue weighted by Gasteiger charge is 2.09. The molecule has 102 valence electrons. The van der Waals surface area contributed by atoms with Crippen LogP contribution in [0.5, 0.6) is 0 Å². The van der Waals surface area contributed by atoms with Gasteiger partial charge in [0, 0.05) is 16.6 Å². The van der Waals surface area contributed by atoms with Crippen molar-refractivity contribution >= 4 is 28.6 Å². The van der Waals surface area contributed by atoms with Gasteiger partial charge in [0.15, 0.2) is 0 Å². The fourth-order valence-corrected chi connectivity index (χ4v) is 2.43. The molecule has 0 spiro atoms. The van der Waals surface area contributed by atoms with Crippen molar-refractivity contribution in [3.63, 3.8) is 0 Å². The summed E-state index contributed by atoms with van der Waals surface area (Å²) in [6.45, 7) is 0.346. The highest BCUT2D eigenvalue weighted by molar-refractivity contribution is 7.08.